The van der Waals surface area contributed by atoms with Crippen LogP contribution in [0.3, 0.4) is 0 Å². The topological polar surface area (TPSA) is 46.6 Å². The Labute approximate surface area is 93.8 Å². The van der Waals surface area contributed by atoms with E-state index < -0.39 is 11.9 Å². The molecule has 2 rings (SSSR count). The number of hydrogen-bond donors (Lipinski definition) is 0. The van der Waals surface area contributed by atoms with Crippen molar-refractivity contribution in [3.8, 4) is 0 Å². The lowest BCUT2D eigenvalue weighted by Gasteiger charge is -2.33. The SMILES string of the molecule is O=CC(=O)C1CN(c2ccccc2)CCO1. The molecule has 1 aromatic rings. The average Bonchev–Trinajstić information content (AvgIpc) is 2.39. The van der Waals surface area contributed by atoms with E-state index in [-0.39, 0.29) is 0 Å². The van der Waals surface area contributed by atoms with Gasteiger partial charge in [0.05, 0.1) is 13.2 Å². The molecular weight excluding hydrogens is 206 g/mol. The van der Waals surface area contributed by atoms with Gasteiger partial charge in [0, 0.05) is 12.2 Å². The number of hydrogen-bond acceptors (Lipinski definition) is 4. The molecule has 0 amide bonds. The largest absolute Gasteiger partial charge is 0.366 e. The molecule has 1 aliphatic rings. The Morgan fingerprint density at radius 2 is 2.12 bits per heavy atom. The predicted molar refractivity (Wildman–Crippen MR) is 59.5 cm³/mol. The molecule has 0 aromatic heterocycles. The number of ether oxygens (including phenoxy) is 1. The number of Topliss-reactive ketones (excluding diaryl/α,β-unsaturated/α-hetero) is 1. The number of carbonyl (C=O) groups excluding carboxylic acids is 2. The number of rotatable bonds is 3. The smallest absolute Gasteiger partial charge is 0.225 e. The minimum absolute atomic E-state index is 0.332. The fourth-order valence-electron chi connectivity index (χ4n) is 1.77. The zero-order valence-electron chi connectivity index (χ0n) is 8.83. The highest BCUT2D eigenvalue weighted by Gasteiger charge is 2.26. The van der Waals surface area contributed by atoms with Gasteiger partial charge in [-0.05, 0) is 12.1 Å². The maximum absolute atomic E-state index is 11.2. The summed E-state index contributed by atoms with van der Waals surface area (Å²) in [6.07, 6.45) is -0.287. The van der Waals surface area contributed by atoms with Gasteiger partial charge in [-0.15, -0.1) is 0 Å². The van der Waals surface area contributed by atoms with E-state index in [1.54, 1.807) is 0 Å². The predicted octanol–water partition coefficient (Wildman–Crippen LogP) is 0.660. The summed E-state index contributed by atoms with van der Waals surface area (Å²) in [5.41, 5.74) is 1.05. The maximum atomic E-state index is 11.2. The van der Waals surface area contributed by atoms with Crippen LogP contribution in [0.25, 0.3) is 0 Å². The average molecular weight is 219 g/mol. The second kappa shape index (κ2) is 4.90. The van der Waals surface area contributed by atoms with Crippen LogP contribution in [0.2, 0.25) is 0 Å². The van der Waals surface area contributed by atoms with E-state index in [9.17, 15) is 9.59 Å². The number of carbonyl (C=O) groups is 2. The number of nitrogens with zero attached hydrogens (tertiary/aromatic N) is 1. The van der Waals surface area contributed by atoms with Crippen molar-refractivity contribution in [1.29, 1.82) is 0 Å². The van der Waals surface area contributed by atoms with Gasteiger partial charge >= 0.3 is 0 Å². The molecule has 1 fully saturated rings. The Hall–Kier alpha value is -1.68. The highest BCUT2D eigenvalue weighted by Crippen LogP contribution is 2.16. The third-order valence-electron chi connectivity index (χ3n) is 2.62. The second-order valence-corrected chi connectivity index (χ2v) is 3.66. The summed E-state index contributed by atoms with van der Waals surface area (Å²) in [5, 5.41) is 0. The van der Waals surface area contributed by atoms with Crippen LogP contribution in [0.15, 0.2) is 30.3 Å². The molecule has 16 heavy (non-hydrogen) atoms. The Bertz CT molecular complexity index is 377. The monoisotopic (exact) mass is 219 g/mol. The molecule has 84 valence electrons. The summed E-state index contributed by atoms with van der Waals surface area (Å²) in [6.45, 7) is 1.66. The van der Waals surface area contributed by atoms with Crippen LogP contribution in [-0.4, -0.2) is 37.9 Å². The van der Waals surface area contributed by atoms with Crippen LogP contribution in [0.1, 0.15) is 0 Å². The van der Waals surface area contributed by atoms with Crippen molar-refractivity contribution < 1.29 is 14.3 Å². The molecule has 1 aliphatic heterocycles. The summed E-state index contributed by atoms with van der Waals surface area (Å²) in [4.78, 5) is 23.7. The van der Waals surface area contributed by atoms with Gasteiger partial charge in [-0.3, -0.25) is 9.59 Å². The van der Waals surface area contributed by atoms with Crippen LogP contribution in [0, 0.1) is 0 Å². The first-order chi connectivity index (χ1) is 7.81. The second-order valence-electron chi connectivity index (χ2n) is 3.66. The minimum Gasteiger partial charge on any atom is -0.366 e. The molecule has 0 aliphatic carbocycles. The van der Waals surface area contributed by atoms with Gasteiger partial charge in [0.2, 0.25) is 5.78 Å². The zero-order valence-corrected chi connectivity index (χ0v) is 8.83. The third kappa shape index (κ3) is 2.28. The third-order valence-corrected chi connectivity index (χ3v) is 2.62. The van der Waals surface area contributed by atoms with E-state index >= 15 is 0 Å². The molecule has 1 atom stereocenters. The zero-order chi connectivity index (χ0) is 11.4. The lowest BCUT2D eigenvalue weighted by molar-refractivity contribution is -0.138. The Morgan fingerprint density at radius 1 is 1.38 bits per heavy atom. The van der Waals surface area contributed by atoms with Crippen molar-refractivity contribution in [1.82, 2.24) is 0 Å². The van der Waals surface area contributed by atoms with Gasteiger partial charge in [0.25, 0.3) is 0 Å². The van der Waals surface area contributed by atoms with Gasteiger partial charge < -0.3 is 9.64 Å². The van der Waals surface area contributed by atoms with Crippen LogP contribution >= 0.6 is 0 Å². The molecule has 0 radical (unpaired) electrons. The molecule has 4 nitrogen and oxygen atoms in total. The van der Waals surface area contributed by atoms with Crippen molar-refractivity contribution in [3.05, 3.63) is 30.3 Å². The Kier molecular flexibility index (Phi) is 3.31. The fourth-order valence-corrected chi connectivity index (χ4v) is 1.77. The van der Waals surface area contributed by atoms with Gasteiger partial charge in [-0.2, -0.15) is 0 Å². The van der Waals surface area contributed by atoms with E-state index in [4.69, 9.17) is 4.74 Å². The summed E-state index contributed by atoms with van der Waals surface area (Å²) < 4.78 is 5.26. The number of aldehydes is 1. The summed E-state index contributed by atoms with van der Waals surface area (Å²) in [6, 6.07) is 9.79. The quantitative estimate of drug-likeness (QED) is 0.553. The fraction of sp³-hybridized carbons (Fsp3) is 0.333. The normalized spacial score (nSPS) is 20.5. The van der Waals surface area contributed by atoms with E-state index in [1.165, 1.54) is 0 Å². The van der Waals surface area contributed by atoms with Crippen LogP contribution in [-0.2, 0) is 14.3 Å². The van der Waals surface area contributed by atoms with Crippen molar-refractivity contribution in [2.45, 2.75) is 6.10 Å². The van der Waals surface area contributed by atoms with Crippen molar-refractivity contribution in [2.75, 3.05) is 24.6 Å². The van der Waals surface area contributed by atoms with E-state index in [2.05, 4.69) is 4.90 Å². The molecule has 1 saturated heterocycles. The maximum Gasteiger partial charge on any atom is 0.225 e. The number of anilines is 1. The van der Waals surface area contributed by atoms with E-state index in [0.29, 0.717) is 19.4 Å². The van der Waals surface area contributed by atoms with Crippen LogP contribution in [0.5, 0.6) is 0 Å². The van der Waals surface area contributed by atoms with Crippen molar-refractivity contribution in [3.63, 3.8) is 0 Å². The lowest BCUT2D eigenvalue weighted by atomic mass is 10.2. The molecular formula is C12H13NO3. The van der Waals surface area contributed by atoms with E-state index in [0.717, 1.165) is 12.2 Å². The van der Waals surface area contributed by atoms with Crippen LogP contribution < -0.4 is 4.90 Å². The van der Waals surface area contributed by atoms with Gasteiger partial charge in [0.1, 0.15) is 6.10 Å². The minimum atomic E-state index is -0.619. The Balaban J connectivity index is 2.07. The number of benzene rings is 1. The molecule has 0 spiro atoms. The van der Waals surface area contributed by atoms with Crippen LogP contribution in [0.4, 0.5) is 5.69 Å². The summed E-state index contributed by atoms with van der Waals surface area (Å²) >= 11 is 0. The molecule has 0 saturated carbocycles. The summed E-state index contributed by atoms with van der Waals surface area (Å²) in [7, 11) is 0. The van der Waals surface area contributed by atoms with Gasteiger partial charge in [0.15, 0.2) is 6.29 Å². The molecule has 4 heteroatoms. The van der Waals surface area contributed by atoms with Gasteiger partial charge in [-0.25, -0.2) is 0 Å². The first-order valence-electron chi connectivity index (χ1n) is 5.22. The molecule has 1 unspecified atom stereocenters. The highest BCUT2D eigenvalue weighted by molar-refractivity contribution is 6.27. The standard InChI is InChI=1S/C12H13NO3/c14-9-11(15)12-8-13(6-7-16-12)10-4-2-1-3-5-10/h1-5,9,12H,6-8H2. The van der Waals surface area contributed by atoms with Crippen molar-refractivity contribution >= 4 is 17.8 Å². The summed E-state index contributed by atoms with van der Waals surface area (Å²) in [5.74, 6) is -0.486. The lowest BCUT2D eigenvalue weighted by Crippen LogP contribution is -2.46. The van der Waals surface area contributed by atoms with Crippen molar-refractivity contribution in [2.24, 2.45) is 0 Å². The number of para-hydroxylation sites is 1. The number of ketones is 1. The van der Waals surface area contributed by atoms with E-state index in [1.807, 2.05) is 30.3 Å². The first kappa shape index (κ1) is 10.8. The molecule has 1 heterocycles. The molecule has 0 N–H and O–H groups in total. The van der Waals surface area contributed by atoms with Gasteiger partial charge in [-0.1, -0.05) is 18.2 Å². The Morgan fingerprint density at radius 3 is 2.81 bits per heavy atom. The molecule has 0 bridgehead atoms. The first-order valence-corrected chi connectivity index (χ1v) is 5.22. The highest BCUT2D eigenvalue weighted by atomic mass is 16.5. The molecule has 1 aromatic carbocycles. The number of morpholine rings is 1.